The quantitative estimate of drug-likeness (QED) is 0.165. The first-order valence-electron chi connectivity index (χ1n) is 11.4. The Labute approximate surface area is 198 Å². The number of benzene rings is 2. The summed E-state index contributed by atoms with van der Waals surface area (Å²) in [6, 6.07) is 23.0. The number of ether oxygens (including phenoxy) is 1. The van der Waals surface area contributed by atoms with Crippen LogP contribution >= 0.6 is 0 Å². The van der Waals surface area contributed by atoms with Gasteiger partial charge in [-0.3, -0.25) is 4.79 Å². The molecular formula is C28H34O4Si. The highest BCUT2D eigenvalue weighted by molar-refractivity contribution is 6.99. The van der Waals surface area contributed by atoms with E-state index in [4.69, 9.17) is 13.6 Å². The maximum Gasteiger partial charge on any atom is 0.303 e. The standard InChI is InChI=1S/C28H34O4Si/c1-22(27(32-23(2)29)24-18-20-30-21-24)13-12-19-31-33(28(3,4)5,25-14-8-6-9-15-25)26-16-10-7-11-17-26/h6-11,14-18,20-21,27H,1,12-13,19H2,2-5H3/t27-/m0/s1. The Morgan fingerprint density at radius 1 is 1.00 bits per heavy atom. The maximum atomic E-state index is 11.6. The second-order valence-corrected chi connectivity index (χ2v) is 13.6. The van der Waals surface area contributed by atoms with Crippen LogP contribution in [0.2, 0.25) is 5.04 Å². The van der Waals surface area contributed by atoms with Crippen molar-refractivity contribution in [2.75, 3.05) is 6.61 Å². The third-order valence-electron chi connectivity index (χ3n) is 5.88. The highest BCUT2D eigenvalue weighted by atomic mass is 28.4. The summed E-state index contributed by atoms with van der Waals surface area (Å²) < 4.78 is 17.6. The predicted molar refractivity (Wildman–Crippen MR) is 135 cm³/mol. The molecule has 0 spiro atoms. The Bertz CT molecular complexity index is 981. The number of rotatable bonds is 10. The van der Waals surface area contributed by atoms with Gasteiger partial charge < -0.3 is 13.6 Å². The van der Waals surface area contributed by atoms with Crippen molar-refractivity contribution in [3.8, 4) is 0 Å². The average molecular weight is 463 g/mol. The van der Waals surface area contributed by atoms with Gasteiger partial charge in [-0.25, -0.2) is 0 Å². The van der Waals surface area contributed by atoms with Crippen molar-refractivity contribution in [3.63, 3.8) is 0 Å². The molecule has 5 heteroatoms. The summed E-state index contributed by atoms with van der Waals surface area (Å²) in [5.74, 6) is -0.342. The van der Waals surface area contributed by atoms with Gasteiger partial charge in [0.25, 0.3) is 8.32 Å². The normalized spacial score (nSPS) is 12.8. The third kappa shape index (κ3) is 5.73. The van der Waals surface area contributed by atoms with Crippen molar-refractivity contribution in [3.05, 3.63) is 97.0 Å². The van der Waals surface area contributed by atoms with Crippen molar-refractivity contribution in [1.82, 2.24) is 0 Å². The van der Waals surface area contributed by atoms with E-state index in [2.05, 4.69) is 75.9 Å². The van der Waals surface area contributed by atoms with Crippen LogP contribution in [0.3, 0.4) is 0 Å². The zero-order valence-electron chi connectivity index (χ0n) is 20.0. The molecule has 3 aromatic rings. The molecule has 2 aromatic carbocycles. The smallest absolute Gasteiger partial charge is 0.303 e. The molecule has 1 heterocycles. The van der Waals surface area contributed by atoms with Gasteiger partial charge in [0, 0.05) is 19.1 Å². The lowest BCUT2D eigenvalue weighted by Crippen LogP contribution is -2.66. The van der Waals surface area contributed by atoms with Crippen LogP contribution in [0.5, 0.6) is 0 Å². The average Bonchev–Trinajstić information content (AvgIpc) is 3.32. The Kier molecular flexibility index (Phi) is 8.11. The molecule has 4 nitrogen and oxygen atoms in total. The van der Waals surface area contributed by atoms with E-state index in [-0.39, 0.29) is 11.0 Å². The molecule has 0 amide bonds. The molecule has 0 bridgehead atoms. The Hall–Kier alpha value is -2.89. The lowest BCUT2D eigenvalue weighted by molar-refractivity contribution is -0.145. The predicted octanol–water partition coefficient (Wildman–Crippen LogP) is 5.80. The minimum Gasteiger partial charge on any atom is -0.472 e. The van der Waals surface area contributed by atoms with Gasteiger partial charge in [0.15, 0.2) is 6.10 Å². The highest BCUT2D eigenvalue weighted by Gasteiger charge is 2.49. The van der Waals surface area contributed by atoms with E-state index < -0.39 is 14.4 Å². The maximum absolute atomic E-state index is 11.6. The van der Waals surface area contributed by atoms with Crippen LogP contribution in [0.15, 0.2) is 95.8 Å². The van der Waals surface area contributed by atoms with Gasteiger partial charge in [0.05, 0.1) is 12.5 Å². The van der Waals surface area contributed by atoms with Crippen LogP contribution in [0.4, 0.5) is 0 Å². The minimum absolute atomic E-state index is 0.0657. The van der Waals surface area contributed by atoms with Crippen LogP contribution in [-0.2, 0) is 14.0 Å². The summed E-state index contributed by atoms with van der Waals surface area (Å²) in [6.07, 6.45) is 4.12. The van der Waals surface area contributed by atoms with Gasteiger partial charge in [-0.15, -0.1) is 0 Å². The van der Waals surface area contributed by atoms with Crippen molar-refractivity contribution < 1.29 is 18.4 Å². The molecule has 33 heavy (non-hydrogen) atoms. The third-order valence-corrected chi connectivity index (χ3v) is 10.9. The number of hydrogen-bond donors (Lipinski definition) is 0. The highest BCUT2D eigenvalue weighted by Crippen LogP contribution is 2.37. The molecule has 0 aliphatic carbocycles. The van der Waals surface area contributed by atoms with Crippen molar-refractivity contribution in [1.29, 1.82) is 0 Å². The largest absolute Gasteiger partial charge is 0.472 e. The molecule has 174 valence electrons. The summed E-state index contributed by atoms with van der Waals surface area (Å²) in [5, 5.41) is 2.46. The van der Waals surface area contributed by atoms with Gasteiger partial charge in [-0.05, 0) is 39.9 Å². The second-order valence-electron chi connectivity index (χ2n) is 9.32. The van der Waals surface area contributed by atoms with Crippen LogP contribution in [0, 0.1) is 0 Å². The fourth-order valence-corrected chi connectivity index (χ4v) is 9.00. The van der Waals surface area contributed by atoms with E-state index in [0.29, 0.717) is 13.0 Å². The van der Waals surface area contributed by atoms with Gasteiger partial charge in [0.2, 0.25) is 0 Å². The van der Waals surface area contributed by atoms with E-state index in [1.165, 1.54) is 17.3 Å². The van der Waals surface area contributed by atoms with Crippen LogP contribution in [-0.4, -0.2) is 20.9 Å². The zero-order valence-corrected chi connectivity index (χ0v) is 21.0. The molecule has 0 unspecified atom stereocenters. The van der Waals surface area contributed by atoms with Crippen molar-refractivity contribution in [2.45, 2.75) is 51.7 Å². The fraction of sp³-hybridized carbons (Fsp3) is 0.321. The number of furan rings is 1. The molecular weight excluding hydrogens is 428 g/mol. The number of hydrogen-bond acceptors (Lipinski definition) is 4. The van der Waals surface area contributed by atoms with E-state index in [0.717, 1.165) is 17.6 Å². The molecule has 0 saturated heterocycles. The molecule has 0 aliphatic heterocycles. The molecule has 0 aliphatic rings. The first-order chi connectivity index (χ1) is 15.8. The second kappa shape index (κ2) is 10.8. The SMILES string of the molecule is C=C(CCCO[Si](c1ccccc1)(c1ccccc1)C(C)(C)C)[C@H](OC(C)=O)c1ccoc1. The van der Waals surface area contributed by atoms with Crippen LogP contribution < -0.4 is 10.4 Å². The molecule has 0 N–H and O–H groups in total. The summed E-state index contributed by atoms with van der Waals surface area (Å²) >= 11 is 0. The van der Waals surface area contributed by atoms with Gasteiger partial charge >= 0.3 is 5.97 Å². The first-order valence-corrected chi connectivity index (χ1v) is 13.3. The topological polar surface area (TPSA) is 48.7 Å². The van der Waals surface area contributed by atoms with E-state index >= 15 is 0 Å². The van der Waals surface area contributed by atoms with E-state index in [1.807, 2.05) is 12.1 Å². The lowest BCUT2D eigenvalue weighted by Gasteiger charge is -2.43. The molecule has 0 radical (unpaired) electrons. The van der Waals surface area contributed by atoms with Gasteiger partial charge in [0.1, 0.15) is 0 Å². The summed E-state index contributed by atoms with van der Waals surface area (Å²) in [6.45, 7) is 13.0. The van der Waals surface area contributed by atoms with Crippen molar-refractivity contribution >= 4 is 24.7 Å². The van der Waals surface area contributed by atoms with Crippen LogP contribution in [0.1, 0.15) is 52.2 Å². The molecule has 0 saturated carbocycles. The monoisotopic (exact) mass is 462 g/mol. The summed E-state index contributed by atoms with van der Waals surface area (Å²) in [5.41, 5.74) is 1.63. The molecule has 1 aromatic heterocycles. The zero-order chi connectivity index (χ0) is 23.9. The minimum atomic E-state index is -2.56. The van der Waals surface area contributed by atoms with Crippen LogP contribution in [0.25, 0.3) is 0 Å². The summed E-state index contributed by atoms with van der Waals surface area (Å²) in [4.78, 5) is 11.6. The molecule has 3 rings (SSSR count). The lowest BCUT2D eigenvalue weighted by atomic mass is 10.0. The number of carbonyl (C=O) groups is 1. The number of carbonyl (C=O) groups excluding carboxylic acids is 1. The number of esters is 1. The van der Waals surface area contributed by atoms with Gasteiger partial charge in [-0.2, -0.15) is 0 Å². The van der Waals surface area contributed by atoms with Gasteiger partial charge in [-0.1, -0.05) is 88.0 Å². The Morgan fingerprint density at radius 2 is 1.58 bits per heavy atom. The summed E-state index contributed by atoms with van der Waals surface area (Å²) in [7, 11) is -2.56. The first kappa shape index (κ1) is 24.7. The van der Waals surface area contributed by atoms with E-state index in [1.54, 1.807) is 18.6 Å². The van der Waals surface area contributed by atoms with Crippen molar-refractivity contribution in [2.24, 2.45) is 0 Å². The molecule has 1 atom stereocenters. The Balaban J connectivity index is 1.79. The van der Waals surface area contributed by atoms with E-state index in [9.17, 15) is 4.79 Å². The molecule has 0 fully saturated rings. The Morgan fingerprint density at radius 3 is 2.03 bits per heavy atom. The fourth-order valence-electron chi connectivity index (χ4n) is 4.39.